The number of carbonyl (C=O) groups is 3. The first-order chi connectivity index (χ1) is 13.1. The fourth-order valence-electron chi connectivity index (χ4n) is 3.38. The van der Waals surface area contributed by atoms with Crippen molar-refractivity contribution in [2.24, 2.45) is 0 Å². The van der Waals surface area contributed by atoms with E-state index in [1.54, 1.807) is 24.3 Å². The number of amides is 2. The summed E-state index contributed by atoms with van der Waals surface area (Å²) in [7, 11) is 0. The van der Waals surface area contributed by atoms with E-state index in [9.17, 15) is 14.4 Å². The van der Waals surface area contributed by atoms with Crippen molar-refractivity contribution >= 4 is 23.6 Å². The summed E-state index contributed by atoms with van der Waals surface area (Å²) in [5.74, 6) is -1.26. The van der Waals surface area contributed by atoms with E-state index in [0.717, 1.165) is 31.7 Å². The number of imide groups is 1. The third-order valence-electron chi connectivity index (χ3n) is 4.84. The lowest BCUT2D eigenvalue weighted by molar-refractivity contribution is -0.0584. The highest BCUT2D eigenvalue weighted by Gasteiger charge is 2.38. The predicted octanol–water partition coefficient (Wildman–Crippen LogP) is 2.83. The summed E-state index contributed by atoms with van der Waals surface area (Å²) in [5.41, 5.74) is 0.639. The van der Waals surface area contributed by atoms with E-state index in [1.165, 1.54) is 31.2 Å². The van der Waals surface area contributed by atoms with Crippen LogP contribution in [0.25, 0.3) is 0 Å². The second-order valence-corrected chi connectivity index (χ2v) is 6.64. The molecule has 0 atom stereocenters. The number of hydrogen-bond donors (Lipinski definition) is 0. The number of aromatic nitrogens is 1. The van der Waals surface area contributed by atoms with Crippen molar-refractivity contribution in [1.82, 2.24) is 10.0 Å². The van der Waals surface area contributed by atoms with E-state index in [-0.39, 0.29) is 16.7 Å². The van der Waals surface area contributed by atoms with E-state index in [0.29, 0.717) is 5.06 Å². The van der Waals surface area contributed by atoms with Crippen LogP contribution in [0.3, 0.4) is 0 Å². The van der Waals surface area contributed by atoms with Crippen LogP contribution in [0.4, 0.5) is 5.82 Å². The quantitative estimate of drug-likeness (QED) is 0.778. The molecule has 1 aromatic carbocycles. The van der Waals surface area contributed by atoms with Gasteiger partial charge in [0.25, 0.3) is 11.8 Å². The average Bonchev–Trinajstić information content (AvgIpc) is 2.91. The zero-order valence-corrected chi connectivity index (χ0v) is 14.8. The normalized spacial score (nSPS) is 16.9. The number of hydroxylamine groups is 2. The number of hydrogen-bond acceptors (Lipinski definition) is 6. The van der Waals surface area contributed by atoms with Crippen LogP contribution in [-0.4, -0.2) is 40.9 Å². The lowest BCUT2D eigenvalue weighted by Gasteiger charge is -2.21. The standard InChI is InChI=1S/C20H19N3O4/c24-18-15-7-3-4-8-16(15)19(25)23(18)27-20(26)14-9-10-17(21-13-14)22-11-5-1-2-6-12-22/h3-4,7-10,13H,1-2,5-6,11-12H2. The summed E-state index contributed by atoms with van der Waals surface area (Å²) >= 11 is 0. The zero-order chi connectivity index (χ0) is 18.8. The van der Waals surface area contributed by atoms with Gasteiger partial charge in [0, 0.05) is 19.3 Å². The van der Waals surface area contributed by atoms with Gasteiger partial charge in [0.1, 0.15) is 5.82 Å². The molecule has 0 radical (unpaired) electrons. The van der Waals surface area contributed by atoms with Gasteiger partial charge in [0.05, 0.1) is 16.7 Å². The predicted molar refractivity (Wildman–Crippen MR) is 97.3 cm³/mol. The molecule has 1 saturated heterocycles. The van der Waals surface area contributed by atoms with Crippen molar-refractivity contribution in [3.8, 4) is 0 Å². The number of fused-ring (bicyclic) bond motifs is 1. The zero-order valence-electron chi connectivity index (χ0n) is 14.8. The molecule has 0 aliphatic carbocycles. The molecule has 4 rings (SSSR count). The molecule has 2 aromatic rings. The van der Waals surface area contributed by atoms with Gasteiger partial charge in [-0.15, -0.1) is 0 Å². The van der Waals surface area contributed by atoms with Gasteiger partial charge in [0.2, 0.25) is 0 Å². The summed E-state index contributed by atoms with van der Waals surface area (Å²) in [5, 5.41) is 0.510. The van der Waals surface area contributed by atoms with E-state index >= 15 is 0 Å². The number of anilines is 1. The van der Waals surface area contributed by atoms with E-state index in [4.69, 9.17) is 4.84 Å². The van der Waals surface area contributed by atoms with Gasteiger partial charge in [-0.05, 0) is 37.1 Å². The van der Waals surface area contributed by atoms with Crippen LogP contribution >= 0.6 is 0 Å². The molecule has 0 spiro atoms. The van der Waals surface area contributed by atoms with Gasteiger partial charge in [-0.3, -0.25) is 9.59 Å². The van der Waals surface area contributed by atoms with Gasteiger partial charge in [-0.25, -0.2) is 9.78 Å². The van der Waals surface area contributed by atoms with Crippen LogP contribution in [0.15, 0.2) is 42.6 Å². The summed E-state index contributed by atoms with van der Waals surface area (Å²) in [6, 6.07) is 9.74. The van der Waals surface area contributed by atoms with Gasteiger partial charge in [0.15, 0.2) is 0 Å². The molecular weight excluding hydrogens is 346 g/mol. The number of nitrogens with zero attached hydrogens (tertiary/aromatic N) is 3. The molecule has 0 unspecified atom stereocenters. The van der Waals surface area contributed by atoms with E-state index in [2.05, 4.69) is 9.88 Å². The maximum atomic E-state index is 12.4. The molecule has 2 aliphatic heterocycles. The summed E-state index contributed by atoms with van der Waals surface area (Å²) in [6.45, 7) is 1.90. The second-order valence-electron chi connectivity index (χ2n) is 6.64. The Morgan fingerprint density at radius 3 is 2.07 bits per heavy atom. The van der Waals surface area contributed by atoms with Gasteiger partial charge in [-0.2, -0.15) is 0 Å². The highest BCUT2D eigenvalue weighted by molar-refractivity contribution is 6.21. The Hall–Kier alpha value is -3.22. The minimum atomic E-state index is -0.792. The molecule has 27 heavy (non-hydrogen) atoms. The van der Waals surface area contributed by atoms with Crippen LogP contribution in [0.5, 0.6) is 0 Å². The number of carbonyl (C=O) groups excluding carboxylic acids is 3. The van der Waals surface area contributed by atoms with Crippen molar-refractivity contribution in [2.45, 2.75) is 25.7 Å². The Labute approximate surface area is 156 Å². The smallest absolute Gasteiger partial charge is 0.357 e. The van der Waals surface area contributed by atoms with Crippen LogP contribution in [0.2, 0.25) is 0 Å². The number of rotatable bonds is 3. The van der Waals surface area contributed by atoms with Crippen molar-refractivity contribution in [2.75, 3.05) is 18.0 Å². The molecule has 1 aromatic heterocycles. The van der Waals surface area contributed by atoms with Crippen LogP contribution in [-0.2, 0) is 4.84 Å². The minimum Gasteiger partial charge on any atom is -0.357 e. The number of benzene rings is 1. The van der Waals surface area contributed by atoms with Gasteiger partial charge >= 0.3 is 5.97 Å². The van der Waals surface area contributed by atoms with Crippen molar-refractivity contribution in [3.05, 3.63) is 59.3 Å². The molecule has 0 N–H and O–H groups in total. The molecule has 0 bridgehead atoms. The van der Waals surface area contributed by atoms with Crippen LogP contribution in [0, 0.1) is 0 Å². The summed E-state index contributed by atoms with van der Waals surface area (Å²) in [6.07, 6.45) is 6.12. The van der Waals surface area contributed by atoms with E-state index < -0.39 is 17.8 Å². The van der Waals surface area contributed by atoms with Gasteiger partial charge in [-0.1, -0.05) is 30.0 Å². The average molecular weight is 365 g/mol. The fourth-order valence-corrected chi connectivity index (χ4v) is 3.38. The van der Waals surface area contributed by atoms with Crippen LogP contribution < -0.4 is 4.90 Å². The minimum absolute atomic E-state index is 0.185. The topological polar surface area (TPSA) is 79.8 Å². The second kappa shape index (κ2) is 7.19. The maximum Gasteiger partial charge on any atom is 0.365 e. The Bertz CT molecular complexity index is 851. The Morgan fingerprint density at radius 1 is 0.889 bits per heavy atom. The molecule has 3 heterocycles. The summed E-state index contributed by atoms with van der Waals surface area (Å²) < 4.78 is 0. The first kappa shape index (κ1) is 17.2. The third-order valence-corrected chi connectivity index (χ3v) is 4.84. The Morgan fingerprint density at radius 2 is 1.52 bits per heavy atom. The third kappa shape index (κ3) is 3.28. The number of pyridine rings is 1. The monoisotopic (exact) mass is 365 g/mol. The molecular formula is C20H19N3O4. The molecule has 2 amide bonds. The van der Waals surface area contributed by atoms with Crippen molar-refractivity contribution in [1.29, 1.82) is 0 Å². The first-order valence-electron chi connectivity index (χ1n) is 9.06. The lowest BCUT2D eigenvalue weighted by atomic mass is 10.1. The van der Waals surface area contributed by atoms with E-state index in [1.807, 2.05) is 0 Å². The highest BCUT2D eigenvalue weighted by atomic mass is 16.7. The highest BCUT2D eigenvalue weighted by Crippen LogP contribution is 2.23. The van der Waals surface area contributed by atoms with Gasteiger partial charge < -0.3 is 9.74 Å². The molecule has 7 nitrogen and oxygen atoms in total. The molecule has 7 heteroatoms. The molecule has 0 saturated carbocycles. The Balaban J connectivity index is 1.46. The van der Waals surface area contributed by atoms with Crippen LogP contribution in [0.1, 0.15) is 56.8 Å². The molecule has 1 fully saturated rings. The SMILES string of the molecule is O=C(ON1C(=O)c2ccccc2C1=O)c1ccc(N2CCCCCC2)nc1. The molecule has 138 valence electrons. The fraction of sp³-hybridized carbons (Fsp3) is 0.300. The molecule has 2 aliphatic rings. The Kier molecular flexibility index (Phi) is 4.58. The largest absolute Gasteiger partial charge is 0.365 e. The van der Waals surface area contributed by atoms with Crippen molar-refractivity contribution in [3.63, 3.8) is 0 Å². The first-order valence-corrected chi connectivity index (χ1v) is 9.06. The summed E-state index contributed by atoms with van der Waals surface area (Å²) in [4.78, 5) is 48.5. The lowest BCUT2D eigenvalue weighted by Crippen LogP contribution is -2.32. The van der Waals surface area contributed by atoms with Crippen molar-refractivity contribution < 1.29 is 19.2 Å². The maximum absolute atomic E-state index is 12.4.